The van der Waals surface area contributed by atoms with Gasteiger partial charge in [-0.3, -0.25) is 0 Å². The van der Waals surface area contributed by atoms with Crippen LogP contribution in [0.1, 0.15) is 44.6 Å². The second kappa shape index (κ2) is 10.4. The number of hydrogen-bond acceptors (Lipinski definition) is 2. The molecule has 0 radical (unpaired) electrons. The zero-order valence-electron chi connectivity index (χ0n) is 16.6. The second-order valence-corrected chi connectivity index (χ2v) is 5.33. The lowest BCUT2D eigenvalue weighted by Crippen LogP contribution is -1.99. The third-order valence-corrected chi connectivity index (χ3v) is 3.64. The molecule has 0 amide bonds. The Labute approximate surface area is 153 Å². The lowest BCUT2D eigenvalue weighted by molar-refractivity contribution is 1.07. The van der Waals surface area contributed by atoms with Gasteiger partial charge < -0.3 is 0 Å². The van der Waals surface area contributed by atoms with Gasteiger partial charge in [0.25, 0.3) is 0 Å². The normalized spacial score (nSPS) is 9.40. The van der Waals surface area contributed by atoms with Crippen molar-refractivity contribution in [1.29, 1.82) is 0 Å². The van der Waals surface area contributed by atoms with E-state index in [4.69, 9.17) is 9.97 Å². The molecule has 0 fully saturated rings. The predicted molar refractivity (Wildman–Crippen MR) is 110 cm³/mol. The molecule has 2 aromatic carbocycles. The topological polar surface area (TPSA) is 25.8 Å². The molecule has 0 spiro atoms. The summed E-state index contributed by atoms with van der Waals surface area (Å²) in [6, 6.07) is 18.6. The van der Waals surface area contributed by atoms with E-state index < -0.39 is 0 Å². The fraction of sp³-hybridized carbons (Fsp3) is 0.304. The van der Waals surface area contributed by atoms with Crippen LogP contribution in [0.4, 0.5) is 0 Å². The van der Waals surface area contributed by atoms with Gasteiger partial charge in [-0.1, -0.05) is 87.9 Å². The van der Waals surface area contributed by atoms with Gasteiger partial charge in [0, 0.05) is 22.5 Å². The Morgan fingerprint density at radius 3 is 1.52 bits per heavy atom. The minimum atomic E-state index is 0.793. The Balaban J connectivity index is 0.000000730. The van der Waals surface area contributed by atoms with Crippen LogP contribution < -0.4 is 0 Å². The maximum Gasteiger partial charge on any atom is 0.159 e. The number of aromatic nitrogens is 2. The average molecular weight is 335 g/mol. The van der Waals surface area contributed by atoms with Crippen molar-refractivity contribution in [3.63, 3.8) is 0 Å². The molecule has 3 aromatic rings. The van der Waals surface area contributed by atoms with Gasteiger partial charge in [-0.15, -0.1) is 0 Å². The standard InChI is InChI=1S/C19H18N2.2C2H6/c1-13-9-11-16(12-10-13)18-14(2)20-19(21-15(18)3)17-7-5-4-6-8-17;2*1-2/h4-12H,1-3H3;2*1-2H3. The Bertz CT molecular complexity index is 737. The number of benzene rings is 2. The summed E-state index contributed by atoms with van der Waals surface area (Å²) >= 11 is 0. The first kappa shape index (κ1) is 20.6. The van der Waals surface area contributed by atoms with Gasteiger partial charge in [0.05, 0.1) is 0 Å². The van der Waals surface area contributed by atoms with Crippen LogP contribution in [0.3, 0.4) is 0 Å². The van der Waals surface area contributed by atoms with Gasteiger partial charge >= 0.3 is 0 Å². The molecule has 0 unspecified atom stereocenters. The molecule has 0 saturated carbocycles. The lowest BCUT2D eigenvalue weighted by atomic mass is 10.0. The summed E-state index contributed by atoms with van der Waals surface area (Å²) in [6.07, 6.45) is 0. The monoisotopic (exact) mass is 334 g/mol. The maximum atomic E-state index is 4.69. The van der Waals surface area contributed by atoms with Crippen LogP contribution in [-0.2, 0) is 0 Å². The maximum absolute atomic E-state index is 4.69. The van der Waals surface area contributed by atoms with E-state index in [1.165, 1.54) is 11.1 Å². The van der Waals surface area contributed by atoms with Crippen LogP contribution in [0.15, 0.2) is 54.6 Å². The van der Waals surface area contributed by atoms with Gasteiger partial charge in [-0.05, 0) is 26.3 Å². The SMILES string of the molecule is CC.CC.Cc1ccc(-c2c(C)nc(-c3ccccc3)nc2C)cc1. The summed E-state index contributed by atoms with van der Waals surface area (Å²) in [5, 5.41) is 0. The molecule has 0 aliphatic rings. The highest BCUT2D eigenvalue weighted by Gasteiger charge is 2.11. The average Bonchev–Trinajstić information content (AvgIpc) is 2.67. The van der Waals surface area contributed by atoms with E-state index in [2.05, 4.69) is 45.0 Å². The fourth-order valence-corrected chi connectivity index (χ4v) is 2.57. The third-order valence-electron chi connectivity index (χ3n) is 3.64. The molecule has 132 valence electrons. The first-order valence-corrected chi connectivity index (χ1v) is 9.13. The number of nitrogens with zero attached hydrogens (tertiary/aromatic N) is 2. The zero-order valence-corrected chi connectivity index (χ0v) is 16.6. The van der Waals surface area contributed by atoms with E-state index in [-0.39, 0.29) is 0 Å². The molecule has 0 aliphatic carbocycles. The number of rotatable bonds is 2. The molecule has 0 aliphatic heterocycles. The van der Waals surface area contributed by atoms with E-state index in [1.54, 1.807) is 0 Å². The van der Waals surface area contributed by atoms with E-state index >= 15 is 0 Å². The van der Waals surface area contributed by atoms with Gasteiger partial charge in [-0.2, -0.15) is 0 Å². The molecular weight excluding hydrogens is 304 g/mol. The van der Waals surface area contributed by atoms with Crippen LogP contribution >= 0.6 is 0 Å². The van der Waals surface area contributed by atoms with E-state index in [1.807, 2.05) is 58.0 Å². The molecule has 0 atom stereocenters. The first-order chi connectivity index (χ1) is 12.1. The quantitative estimate of drug-likeness (QED) is 0.515. The smallest absolute Gasteiger partial charge is 0.159 e. The molecule has 0 bridgehead atoms. The van der Waals surface area contributed by atoms with E-state index in [0.29, 0.717) is 0 Å². The van der Waals surface area contributed by atoms with Gasteiger partial charge in [-0.25, -0.2) is 9.97 Å². The summed E-state index contributed by atoms with van der Waals surface area (Å²) in [5.74, 6) is 0.793. The summed E-state index contributed by atoms with van der Waals surface area (Å²) in [6.45, 7) is 14.2. The summed E-state index contributed by atoms with van der Waals surface area (Å²) in [5.41, 5.74) is 6.66. The zero-order chi connectivity index (χ0) is 18.8. The molecule has 3 rings (SSSR count). The van der Waals surface area contributed by atoms with Crippen molar-refractivity contribution in [3.8, 4) is 22.5 Å². The largest absolute Gasteiger partial charge is 0.233 e. The Morgan fingerprint density at radius 1 is 0.560 bits per heavy atom. The van der Waals surface area contributed by atoms with Crippen LogP contribution in [0, 0.1) is 20.8 Å². The van der Waals surface area contributed by atoms with Crippen LogP contribution in [0.25, 0.3) is 22.5 Å². The molecule has 1 aromatic heterocycles. The second-order valence-electron chi connectivity index (χ2n) is 5.33. The van der Waals surface area contributed by atoms with Crippen molar-refractivity contribution in [2.45, 2.75) is 48.5 Å². The highest BCUT2D eigenvalue weighted by Crippen LogP contribution is 2.27. The Kier molecular flexibility index (Phi) is 8.55. The van der Waals surface area contributed by atoms with Crippen LogP contribution in [-0.4, -0.2) is 9.97 Å². The summed E-state index contributed by atoms with van der Waals surface area (Å²) in [4.78, 5) is 9.38. The molecule has 2 heteroatoms. The molecule has 1 heterocycles. The molecule has 0 saturated heterocycles. The lowest BCUT2D eigenvalue weighted by Gasteiger charge is -2.11. The molecule has 25 heavy (non-hydrogen) atoms. The molecule has 2 nitrogen and oxygen atoms in total. The van der Waals surface area contributed by atoms with E-state index in [0.717, 1.165) is 28.3 Å². The van der Waals surface area contributed by atoms with Crippen LogP contribution in [0.5, 0.6) is 0 Å². The minimum Gasteiger partial charge on any atom is -0.233 e. The third kappa shape index (κ3) is 5.25. The number of hydrogen-bond donors (Lipinski definition) is 0. The van der Waals surface area contributed by atoms with Crippen molar-refractivity contribution < 1.29 is 0 Å². The first-order valence-electron chi connectivity index (χ1n) is 9.13. The Morgan fingerprint density at radius 2 is 1.04 bits per heavy atom. The minimum absolute atomic E-state index is 0.793. The predicted octanol–water partition coefficient (Wildman–Crippen LogP) is 6.79. The van der Waals surface area contributed by atoms with Crippen LogP contribution in [0.2, 0.25) is 0 Å². The highest BCUT2D eigenvalue weighted by atomic mass is 14.9. The molecule has 0 N–H and O–H groups in total. The number of aryl methyl sites for hydroxylation is 3. The molecular formula is C23H30N2. The van der Waals surface area contributed by atoms with Crippen molar-refractivity contribution >= 4 is 0 Å². The fourth-order valence-electron chi connectivity index (χ4n) is 2.57. The van der Waals surface area contributed by atoms with E-state index in [9.17, 15) is 0 Å². The Hall–Kier alpha value is -2.48. The van der Waals surface area contributed by atoms with Gasteiger partial charge in [0.15, 0.2) is 5.82 Å². The summed E-state index contributed by atoms with van der Waals surface area (Å²) in [7, 11) is 0. The van der Waals surface area contributed by atoms with Crippen molar-refractivity contribution in [2.24, 2.45) is 0 Å². The highest BCUT2D eigenvalue weighted by molar-refractivity contribution is 5.70. The van der Waals surface area contributed by atoms with Gasteiger partial charge in [0.1, 0.15) is 0 Å². The summed E-state index contributed by atoms with van der Waals surface area (Å²) < 4.78 is 0. The van der Waals surface area contributed by atoms with Crippen molar-refractivity contribution in [3.05, 3.63) is 71.5 Å². The van der Waals surface area contributed by atoms with Crippen molar-refractivity contribution in [2.75, 3.05) is 0 Å². The van der Waals surface area contributed by atoms with Crippen molar-refractivity contribution in [1.82, 2.24) is 9.97 Å². The van der Waals surface area contributed by atoms with Gasteiger partial charge in [0.2, 0.25) is 0 Å².